The van der Waals surface area contributed by atoms with Crippen molar-refractivity contribution < 1.29 is 9.84 Å². The molecule has 1 aromatic heterocycles. The van der Waals surface area contributed by atoms with Crippen molar-refractivity contribution in [1.82, 2.24) is 9.55 Å². The molecule has 0 saturated carbocycles. The number of phenols is 1. The molecule has 0 spiro atoms. The number of imidazole rings is 1. The van der Waals surface area contributed by atoms with Gasteiger partial charge in [-0.2, -0.15) is 0 Å². The normalized spacial score (nSPS) is 10.8. The van der Waals surface area contributed by atoms with Crippen molar-refractivity contribution in [3.63, 3.8) is 0 Å². The third-order valence-corrected chi connectivity index (χ3v) is 5.41. The number of nitrogens with zero attached hydrogens (tertiary/aromatic N) is 2. The highest BCUT2D eigenvalue weighted by Gasteiger charge is 2.24. The Balaban J connectivity index is 1.90. The summed E-state index contributed by atoms with van der Waals surface area (Å²) in [5.41, 5.74) is 5.75. The van der Waals surface area contributed by atoms with Crippen LogP contribution in [0.4, 0.5) is 0 Å². The lowest BCUT2D eigenvalue weighted by Gasteiger charge is -2.15. The van der Waals surface area contributed by atoms with Crippen molar-refractivity contribution in [1.29, 1.82) is 0 Å². The largest absolute Gasteiger partial charge is 0.508 e. The van der Waals surface area contributed by atoms with E-state index in [2.05, 4.69) is 41.0 Å². The van der Waals surface area contributed by atoms with Gasteiger partial charge in [-0.05, 0) is 24.3 Å². The van der Waals surface area contributed by atoms with Crippen LogP contribution in [0, 0.1) is 0 Å². The molecule has 0 radical (unpaired) electrons. The van der Waals surface area contributed by atoms with Crippen molar-refractivity contribution in [2.75, 3.05) is 7.11 Å². The number of rotatable bonds is 5. The van der Waals surface area contributed by atoms with Crippen molar-refractivity contribution in [3.05, 3.63) is 109 Å². The van der Waals surface area contributed by atoms with Gasteiger partial charge in [0.15, 0.2) is 0 Å². The van der Waals surface area contributed by atoms with Gasteiger partial charge in [-0.3, -0.25) is 4.57 Å². The Morgan fingerprint density at radius 3 is 1.94 bits per heavy atom. The second kappa shape index (κ2) is 8.44. The zero-order chi connectivity index (χ0) is 21.9. The zero-order valence-corrected chi connectivity index (χ0v) is 17.6. The zero-order valence-electron chi connectivity index (χ0n) is 17.6. The standard InChI is InChI=1S/C28H22N2O2/c1-32-25-19-23(31)17-18-24(25)28-29-26(20-11-5-2-6-12-20)27(21-13-7-3-8-14-21)30(28)22-15-9-4-10-16-22/h2-19,31H,1H3. The van der Waals surface area contributed by atoms with Gasteiger partial charge in [0.05, 0.1) is 24.1 Å². The van der Waals surface area contributed by atoms with Gasteiger partial charge in [0.2, 0.25) is 0 Å². The van der Waals surface area contributed by atoms with Gasteiger partial charge >= 0.3 is 0 Å². The van der Waals surface area contributed by atoms with Gasteiger partial charge in [-0.25, -0.2) is 4.98 Å². The van der Waals surface area contributed by atoms with Gasteiger partial charge in [0.1, 0.15) is 17.3 Å². The molecule has 4 aromatic carbocycles. The Labute approximate surface area is 187 Å². The molecule has 0 aliphatic carbocycles. The summed E-state index contributed by atoms with van der Waals surface area (Å²) in [7, 11) is 1.60. The van der Waals surface area contributed by atoms with Crippen LogP contribution in [0.15, 0.2) is 109 Å². The predicted molar refractivity (Wildman–Crippen MR) is 128 cm³/mol. The Kier molecular flexibility index (Phi) is 5.18. The highest BCUT2D eigenvalue weighted by molar-refractivity contribution is 5.85. The number of aromatic nitrogens is 2. The molecule has 0 saturated heterocycles. The molecule has 5 aromatic rings. The first-order chi connectivity index (χ1) is 15.8. The van der Waals surface area contributed by atoms with Crippen LogP contribution >= 0.6 is 0 Å². The summed E-state index contributed by atoms with van der Waals surface area (Å²) in [6, 6.07) is 35.8. The van der Waals surface area contributed by atoms with Gasteiger partial charge < -0.3 is 9.84 Å². The summed E-state index contributed by atoms with van der Waals surface area (Å²) < 4.78 is 7.78. The maximum Gasteiger partial charge on any atom is 0.149 e. The van der Waals surface area contributed by atoms with E-state index in [4.69, 9.17) is 9.72 Å². The van der Waals surface area contributed by atoms with Crippen LogP contribution in [-0.2, 0) is 0 Å². The summed E-state index contributed by atoms with van der Waals surface area (Å²) in [5.74, 6) is 1.45. The van der Waals surface area contributed by atoms with Gasteiger partial charge in [-0.15, -0.1) is 0 Å². The van der Waals surface area contributed by atoms with E-state index in [1.165, 1.54) is 0 Å². The topological polar surface area (TPSA) is 47.3 Å². The van der Waals surface area contributed by atoms with Crippen molar-refractivity contribution in [3.8, 4) is 51.1 Å². The van der Waals surface area contributed by atoms with E-state index in [1.807, 2.05) is 60.7 Å². The Bertz CT molecular complexity index is 1340. The molecule has 4 heteroatoms. The van der Waals surface area contributed by atoms with Crippen LogP contribution in [0.1, 0.15) is 0 Å². The first-order valence-corrected chi connectivity index (χ1v) is 10.4. The smallest absolute Gasteiger partial charge is 0.149 e. The summed E-state index contributed by atoms with van der Waals surface area (Å²) in [6.45, 7) is 0. The monoisotopic (exact) mass is 418 g/mol. The Morgan fingerprint density at radius 1 is 0.719 bits per heavy atom. The molecule has 0 amide bonds. The summed E-state index contributed by atoms with van der Waals surface area (Å²) in [6.07, 6.45) is 0. The number of aromatic hydroxyl groups is 1. The van der Waals surface area contributed by atoms with E-state index in [9.17, 15) is 5.11 Å². The highest BCUT2D eigenvalue weighted by atomic mass is 16.5. The minimum Gasteiger partial charge on any atom is -0.508 e. The summed E-state index contributed by atoms with van der Waals surface area (Å²) >= 11 is 0. The molecule has 1 N–H and O–H groups in total. The van der Waals surface area contributed by atoms with Crippen molar-refractivity contribution in [2.45, 2.75) is 0 Å². The SMILES string of the molecule is COc1cc(O)ccc1-c1nc(-c2ccccc2)c(-c2ccccc2)n1-c1ccccc1. The third kappa shape index (κ3) is 3.52. The summed E-state index contributed by atoms with van der Waals surface area (Å²) in [5, 5.41) is 10.0. The van der Waals surface area contributed by atoms with Crippen LogP contribution in [0.2, 0.25) is 0 Å². The third-order valence-electron chi connectivity index (χ3n) is 5.41. The molecule has 0 unspecified atom stereocenters. The van der Waals surface area contributed by atoms with Gasteiger partial charge in [0, 0.05) is 22.9 Å². The van der Waals surface area contributed by atoms with E-state index < -0.39 is 0 Å². The number of hydrogen-bond donors (Lipinski definition) is 1. The predicted octanol–water partition coefficient (Wildman–Crippen LogP) is 6.59. The number of para-hydroxylation sites is 1. The summed E-state index contributed by atoms with van der Waals surface area (Å²) in [4.78, 5) is 5.14. The van der Waals surface area contributed by atoms with Crippen LogP contribution in [0.5, 0.6) is 11.5 Å². The minimum absolute atomic E-state index is 0.148. The molecule has 5 rings (SSSR count). The molecular weight excluding hydrogens is 396 g/mol. The molecule has 0 aliphatic heterocycles. The minimum atomic E-state index is 0.148. The molecule has 0 atom stereocenters. The number of phenolic OH excluding ortho intramolecular Hbond substituents is 1. The van der Waals surface area contributed by atoms with Crippen LogP contribution in [-0.4, -0.2) is 21.8 Å². The average molecular weight is 418 g/mol. The van der Waals surface area contributed by atoms with Crippen LogP contribution in [0.25, 0.3) is 39.6 Å². The first-order valence-electron chi connectivity index (χ1n) is 10.4. The highest BCUT2D eigenvalue weighted by Crippen LogP contribution is 2.41. The molecule has 1 heterocycles. The maximum absolute atomic E-state index is 10.0. The maximum atomic E-state index is 10.0. The fraction of sp³-hybridized carbons (Fsp3) is 0.0357. The number of methoxy groups -OCH3 is 1. The van der Waals surface area contributed by atoms with E-state index in [-0.39, 0.29) is 5.75 Å². The van der Waals surface area contributed by atoms with Crippen LogP contribution < -0.4 is 4.74 Å². The van der Waals surface area contributed by atoms with E-state index in [0.29, 0.717) is 5.75 Å². The second-order valence-electron chi connectivity index (χ2n) is 7.42. The molecule has 32 heavy (non-hydrogen) atoms. The molecule has 156 valence electrons. The lowest BCUT2D eigenvalue weighted by molar-refractivity contribution is 0.409. The second-order valence-corrected chi connectivity index (χ2v) is 7.42. The van der Waals surface area contributed by atoms with E-state index >= 15 is 0 Å². The van der Waals surface area contributed by atoms with Crippen molar-refractivity contribution in [2.24, 2.45) is 0 Å². The quantitative estimate of drug-likeness (QED) is 0.350. The number of hydrogen-bond acceptors (Lipinski definition) is 3. The van der Waals surface area contributed by atoms with Gasteiger partial charge in [-0.1, -0.05) is 78.9 Å². The Morgan fingerprint density at radius 2 is 1.31 bits per heavy atom. The number of ether oxygens (including phenoxy) is 1. The van der Waals surface area contributed by atoms with E-state index in [0.717, 1.165) is 39.6 Å². The van der Waals surface area contributed by atoms with Crippen molar-refractivity contribution >= 4 is 0 Å². The molecule has 4 nitrogen and oxygen atoms in total. The lowest BCUT2D eigenvalue weighted by atomic mass is 10.0. The molecule has 0 aliphatic rings. The molecule has 0 fully saturated rings. The number of benzene rings is 4. The van der Waals surface area contributed by atoms with E-state index in [1.54, 1.807) is 19.2 Å². The average Bonchev–Trinajstić information content (AvgIpc) is 3.26. The Hall–Kier alpha value is -4.31. The molecule has 0 bridgehead atoms. The fourth-order valence-electron chi connectivity index (χ4n) is 3.95. The van der Waals surface area contributed by atoms with Gasteiger partial charge in [0.25, 0.3) is 0 Å². The molecular formula is C28H22N2O2. The lowest BCUT2D eigenvalue weighted by Crippen LogP contribution is -2.01. The first kappa shape index (κ1) is 19.6. The fourth-order valence-corrected chi connectivity index (χ4v) is 3.95. The van der Waals surface area contributed by atoms with Crippen LogP contribution in [0.3, 0.4) is 0 Å².